The highest BCUT2D eigenvalue weighted by Gasteiger charge is 2.24. The van der Waals surface area contributed by atoms with Crippen molar-refractivity contribution in [2.75, 3.05) is 18.0 Å². The van der Waals surface area contributed by atoms with Crippen molar-refractivity contribution in [3.8, 4) is 0 Å². The number of piperidine rings is 1. The van der Waals surface area contributed by atoms with E-state index >= 15 is 0 Å². The van der Waals surface area contributed by atoms with Gasteiger partial charge in [0.15, 0.2) is 0 Å². The largest absolute Gasteiger partial charge is 0.370 e. The molecule has 4 nitrogen and oxygen atoms in total. The molecule has 19 heavy (non-hydrogen) atoms. The van der Waals surface area contributed by atoms with Crippen LogP contribution in [-0.2, 0) is 4.79 Å². The molecule has 1 aromatic carbocycles. The van der Waals surface area contributed by atoms with E-state index in [2.05, 4.69) is 15.1 Å². The van der Waals surface area contributed by atoms with E-state index < -0.39 is 0 Å². The van der Waals surface area contributed by atoms with Gasteiger partial charge in [-0.1, -0.05) is 11.6 Å². The van der Waals surface area contributed by atoms with E-state index in [1.165, 1.54) is 0 Å². The highest BCUT2D eigenvalue weighted by molar-refractivity contribution is 6.31. The van der Waals surface area contributed by atoms with Gasteiger partial charge in [0.05, 0.1) is 11.7 Å². The van der Waals surface area contributed by atoms with Gasteiger partial charge < -0.3 is 4.90 Å². The molecule has 1 saturated heterocycles. The number of aromatic nitrogens is 2. The third kappa shape index (κ3) is 2.32. The second kappa shape index (κ2) is 4.85. The van der Waals surface area contributed by atoms with E-state index in [-0.39, 0.29) is 11.7 Å². The maximum atomic E-state index is 11.6. The standard InChI is InChI=1S/C14H16ClN3O/c1-9(19)10-3-2-4-18(8-10)14-6-11(15)5-13-12(14)7-16-17-13/h5-7,10H,2-4,8H2,1H3,(H,16,17). The first kappa shape index (κ1) is 12.5. The molecule has 0 bridgehead atoms. The van der Waals surface area contributed by atoms with Crippen molar-refractivity contribution in [2.45, 2.75) is 19.8 Å². The Morgan fingerprint density at radius 1 is 1.53 bits per heavy atom. The van der Waals surface area contributed by atoms with Crippen LogP contribution in [0.2, 0.25) is 5.02 Å². The van der Waals surface area contributed by atoms with Gasteiger partial charge in [-0.3, -0.25) is 9.89 Å². The number of ketones is 1. The third-order valence-electron chi connectivity index (χ3n) is 3.84. The van der Waals surface area contributed by atoms with Crippen molar-refractivity contribution in [3.63, 3.8) is 0 Å². The molecule has 0 aliphatic carbocycles. The molecule has 0 amide bonds. The molecule has 1 unspecified atom stereocenters. The summed E-state index contributed by atoms with van der Waals surface area (Å²) in [5.74, 6) is 0.407. The first-order valence-electron chi connectivity index (χ1n) is 6.53. The van der Waals surface area contributed by atoms with E-state index in [1.807, 2.05) is 18.3 Å². The molecule has 0 saturated carbocycles. The van der Waals surface area contributed by atoms with Crippen molar-refractivity contribution >= 4 is 34.0 Å². The van der Waals surface area contributed by atoms with Crippen LogP contribution < -0.4 is 4.90 Å². The van der Waals surface area contributed by atoms with E-state index in [9.17, 15) is 4.79 Å². The molecule has 100 valence electrons. The summed E-state index contributed by atoms with van der Waals surface area (Å²) in [5, 5.41) is 8.78. The zero-order chi connectivity index (χ0) is 13.4. The van der Waals surface area contributed by atoms with Crippen LogP contribution in [0.15, 0.2) is 18.3 Å². The van der Waals surface area contributed by atoms with E-state index in [4.69, 9.17) is 11.6 Å². The molecule has 1 atom stereocenters. The monoisotopic (exact) mass is 277 g/mol. The number of carbonyl (C=O) groups excluding carboxylic acids is 1. The fourth-order valence-electron chi connectivity index (χ4n) is 2.79. The minimum absolute atomic E-state index is 0.134. The zero-order valence-corrected chi connectivity index (χ0v) is 11.6. The minimum atomic E-state index is 0.134. The zero-order valence-electron chi connectivity index (χ0n) is 10.8. The number of anilines is 1. The number of carbonyl (C=O) groups is 1. The molecule has 1 N–H and O–H groups in total. The van der Waals surface area contributed by atoms with Crippen molar-refractivity contribution in [2.24, 2.45) is 5.92 Å². The molecule has 1 aliphatic rings. The van der Waals surface area contributed by atoms with E-state index in [1.54, 1.807) is 6.92 Å². The molecule has 3 rings (SSSR count). The van der Waals surface area contributed by atoms with Gasteiger partial charge in [-0.15, -0.1) is 0 Å². The maximum Gasteiger partial charge on any atom is 0.134 e. The summed E-state index contributed by atoms with van der Waals surface area (Å²) in [5.41, 5.74) is 2.01. The van der Waals surface area contributed by atoms with Gasteiger partial charge in [0, 0.05) is 35.1 Å². The molecule has 2 heterocycles. The number of benzene rings is 1. The molecule has 1 aromatic heterocycles. The van der Waals surface area contributed by atoms with Crippen LogP contribution >= 0.6 is 11.6 Å². The number of hydrogen-bond acceptors (Lipinski definition) is 3. The van der Waals surface area contributed by atoms with Gasteiger partial charge in [-0.25, -0.2) is 0 Å². The number of H-pyrrole nitrogens is 1. The van der Waals surface area contributed by atoms with E-state index in [0.717, 1.165) is 42.5 Å². The van der Waals surface area contributed by atoms with Crippen LogP contribution in [0.3, 0.4) is 0 Å². The van der Waals surface area contributed by atoms with Crippen LogP contribution in [0.5, 0.6) is 0 Å². The van der Waals surface area contributed by atoms with Crippen LogP contribution in [0.25, 0.3) is 10.9 Å². The van der Waals surface area contributed by atoms with Gasteiger partial charge >= 0.3 is 0 Å². The number of nitrogens with zero attached hydrogens (tertiary/aromatic N) is 2. The van der Waals surface area contributed by atoms with Crippen LogP contribution in [0.1, 0.15) is 19.8 Å². The summed E-state index contributed by atoms with van der Waals surface area (Å²) in [6.07, 6.45) is 3.84. The van der Waals surface area contributed by atoms with Crippen LogP contribution in [-0.4, -0.2) is 29.1 Å². The Labute approximate surface area is 116 Å². The molecule has 1 fully saturated rings. The predicted molar refractivity (Wildman–Crippen MR) is 76.7 cm³/mol. The second-order valence-electron chi connectivity index (χ2n) is 5.15. The second-order valence-corrected chi connectivity index (χ2v) is 5.59. The lowest BCUT2D eigenvalue weighted by molar-refractivity contribution is -0.120. The fraction of sp³-hybridized carbons (Fsp3) is 0.429. The van der Waals surface area contributed by atoms with Crippen molar-refractivity contribution in [1.29, 1.82) is 0 Å². The quantitative estimate of drug-likeness (QED) is 0.918. The molecule has 0 radical (unpaired) electrons. The van der Waals surface area contributed by atoms with Crippen LogP contribution in [0, 0.1) is 5.92 Å². The lowest BCUT2D eigenvalue weighted by atomic mass is 9.94. The van der Waals surface area contributed by atoms with E-state index in [0.29, 0.717) is 5.02 Å². The molecule has 1 aliphatic heterocycles. The Morgan fingerprint density at radius 2 is 2.37 bits per heavy atom. The number of aromatic amines is 1. The Kier molecular flexibility index (Phi) is 3.19. The fourth-order valence-corrected chi connectivity index (χ4v) is 3.00. The van der Waals surface area contributed by atoms with Gasteiger partial charge in [-0.2, -0.15) is 5.10 Å². The minimum Gasteiger partial charge on any atom is -0.370 e. The normalized spacial score (nSPS) is 19.9. The van der Waals surface area contributed by atoms with Gasteiger partial charge in [-0.05, 0) is 31.9 Å². The SMILES string of the molecule is CC(=O)C1CCCN(c2cc(Cl)cc3[nH]ncc23)C1. The maximum absolute atomic E-state index is 11.6. The Bertz CT molecular complexity index is 622. The predicted octanol–water partition coefficient (Wildman–Crippen LogP) is 3.02. The van der Waals surface area contributed by atoms with Crippen LogP contribution in [0.4, 0.5) is 5.69 Å². The number of fused-ring (bicyclic) bond motifs is 1. The van der Waals surface area contributed by atoms with Crippen molar-refractivity contribution in [3.05, 3.63) is 23.4 Å². The summed E-state index contributed by atoms with van der Waals surface area (Å²) in [6, 6.07) is 3.84. The smallest absolute Gasteiger partial charge is 0.134 e. The first-order valence-corrected chi connectivity index (χ1v) is 6.91. The molecule has 2 aromatic rings. The highest BCUT2D eigenvalue weighted by Crippen LogP contribution is 2.32. The summed E-state index contributed by atoms with van der Waals surface area (Å²) in [7, 11) is 0. The highest BCUT2D eigenvalue weighted by atomic mass is 35.5. The first-order chi connectivity index (χ1) is 9.15. The van der Waals surface area contributed by atoms with Crippen molar-refractivity contribution in [1.82, 2.24) is 10.2 Å². The number of Topliss-reactive ketones (excluding diaryl/α,β-unsaturated/α-hetero) is 1. The molecule has 5 heteroatoms. The number of halogens is 1. The lowest BCUT2D eigenvalue weighted by Crippen LogP contribution is -2.38. The summed E-state index contributed by atoms with van der Waals surface area (Å²) >= 11 is 6.16. The molecular formula is C14H16ClN3O. The number of nitrogens with one attached hydrogen (secondary N) is 1. The molecule has 0 spiro atoms. The average molecular weight is 278 g/mol. The Balaban J connectivity index is 1.99. The summed E-state index contributed by atoms with van der Waals surface area (Å²) in [6.45, 7) is 3.42. The van der Waals surface area contributed by atoms with Crippen molar-refractivity contribution < 1.29 is 4.79 Å². The number of hydrogen-bond donors (Lipinski definition) is 1. The van der Waals surface area contributed by atoms with Gasteiger partial charge in [0.2, 0.25) is 0 Å². The van der Waals surface area contributed by atoms with Gasteiger partial charge in [0.25, 0.3) is 0 Å². The Hall–Kier alpha value is -1.55. The Morgan fingerprint density at radius 3 is 3.16 bits per heavy atom. The topological polar surface area (TPSA) is 49.0 Å². The summed E-state index contributed by atoms with van der Waals surface area (Å²) in [4.78, 5) is 13.8. The van der Waals surface area contributed by atoms with Gasteiger partial charge in [0.1, 0.15) is 5.78 Å². The summed E-state index contributed by atoms with van der Waals surface area (Å²) < 4.78 is 0. The third-order valence-corrected chi connectivity index (χ3v) is 4.06. The lowest BCUT2D eigenvalue weighted by Gasteiger charge is -2.33. The average Bonchev–Trinajstić information content (AvgIpc) is 2.85. The molecular weight excluding hydrogens is 262 g/mol. The number of rotatable bonds is 2.